The van der Waals surface area contributed by atoms with Crippen LogP contribution in [-0.4, -0.2) is 31.1 Å². The highest BCUT2D eigenvalue weighted by Crippen LogP contribution is 2.26. The zero-order valence-electron chi connectivity index (χ0n) is 9.44. The summed E-state index contributed by atoms with van der Waals surface area (Å²) in [6.45, 7) is 3.34. The van der Waals surface area contributed by atoms with Crippen molar-refractivity contribution in [1.29, 1.82) is 0 Å². The summed E-state index contributed by atoms with van der Waals surface area (Å²) in [7, 11) is 2.22. The topological polar surface area (TPSA) is 15.3 Å². The van der Waals surface area contributed by atoms with E-state index in [2.05, 4.69) is 46.9 Å². The minimum atomic E-state index is 0.721. The Labute approximate surface area is 99.9 Å². The first-order valence-electron chi connectivity index (χ1n) is 5.70. The Morgan fingerprint density at radius 1 is 1.38 bits per heavy atom. The normalized spacial score (nSPS) is 16.9. The lowest BCUT2D eigenvalue weighted by Gasteiger charge is -2.35. The Morgan fingerprint density at radius 3 is 2.94 bits per heavy atom. The molecule has 3 rings (SSSR count). The van der Waals surface area contributed by atoms with E-state index in [4.69, 9.17) is 0 Å². The third kappa shape index (κ3) is 1.75. The zero-order chi connectivity index (χ0) is 11.0. The first kappa shape index (κ1) is 10.3. The molecule has 0 saturated carbocycles. The van der Waals surface area contributed by atoms with Gasteiger partial charge in [-0.3, -0.25) is 4.90 Å². The molecule has 2 aromatic rings. The van der Waals surface area contributed by atoms with Gasteiger partial charge in [0.1, 0.15) is 0 Å². The molecule has 0 aliphatic carbocycles. The third-order valence-electron chi connectivity index (χ3n) is 3.36. The first-order valence-corrected chi connectivity index (χ1v) is 6.58. The van der Waals surface area contributed by atoms with Crippen LogP contribution >= 0.6 is 11.3 Å². The second-order valence-corrected chi connectivity index (χ2v) is 5.40. The van der Waals surface area contributed by atoms with E-state index in [9.17, 15) is 0 Å². The molecular weight excluding hydrogens is 216 g/mol. The third-order valence-corrected chi connectivity index (χ3v) is 4.38. The highest BCUT2D eigenvalue weighted by Gasteiger charge is 2.21. The Morgan fingerprint density at radius 2 is 2.19 bits per heavy atom. The van der Waals surface area contributed by atoms with Crippen molar-refractivity contribution in [3.63, 3.8) is 0 Å². The van der Waals surface area contributed by atoms with Gasteiger partial charge in [0, 0.05) is 30.4 Å². The summed E-state index contributed by atoms with van der Waals surface area (Å²) in [5.74, 6) is 0. The summed E-state index contributed by atoms with van der Waals surface area (Å²) in [6, 6.07) is 9.40. The Hall–Kier alpha value is -0.900. The fourth-order valence-corrected chi connectivity index (χ4v) is 3.09. The fraction of sp³-hybridized carbons (Fsp3) is 0.385. The van der Waals surface area contributed by atoms with Gasteiger partial charge in [0.15, 0.2) is 0 Å². The Kier molecular flexibility index (Phi) is 2.67. The molecule has 0 bridgehead atoms. The van der Waals surface area contributed by atoms with E-state index in [1.165, 1.54) is 15.6 Å². The molecule has 3 heteroatoms. The van der Waals surface area contributed by atoms with Crippen molar-refractivity contribution in [3.8, 4) is 0 Å². The minimum absolute atomic E-state index is 0.721. The number of nitrogens with one attached hydrogen (secondary N) is 1. The molecule has 1 fully saturated rings. The molecule has 0 unspecified atom stereocenters. The number of hydrogen-bond donors (Lipinski definition) is 1. The molecule has 0 atom stereocenters. The molecule has 84 valence electrons. The predicted molar refractivity (Wildman–Crippen MR) is 69.9 cm³/mol. The van der Waals surface area contributed by atoms with Crippen molar-refractivity contribution in [1.82, 2.24) is 10.2 Å². The molecule has 1 aliphatic rings. The number of nitrogens with zero attached hydrogens (tertiary/aromatic N) is 1. The molecule has 2 heterocycles. The number of thiophene rings is 1. The van der Waals surface area contributed by atoms with E-state index in [1.807, 2.05) is 11.3 Å². The fourth-order valence-electron chi connectivity index (χ4n) is 2.14. The lowest BCUT2D eigenvalue weighted by atomic mass is 10.1. The van der Waals surface area contributed by atoms with E-state index in [1.54, 1.807) is 0 Å². The second kappa shape index (κ2) is 4.17. The van der Waals surface area contributed by atoms with Crippen LogP contribution in [0.25, 0.3) is 10.1 Å². The molecule has 0 spiro atoms. The summed E-state index contributed by atoms with van der Waals surface area (Å²) >= 11 is 1.85. The van der Waals surface area contributed by atoms with E-state index < -0.39 is 0 Å². The number of benzene rings is 1. The van der Waals surface area contributed by atoms with E-state index >= 15 is 0 Å². The SMILES string of the molecule is CN(Cc1csc2ccccc12)C1CNC1. The quantitative estimate of drug-likeness (QED) is 0.873. The largest absolute Gasteiger partial charge is 0.314 e. The van der Waals surface area contributed by atoms with Crippen molar-refractivity contribution < 1.29 is 0 Å². The van der Waals surface area contributed by atoms with Gasteiger partial charge in [-0.2, -0.15) is 0 Å². The number of rotatable bonds is 3. The summed E-state index contributed by atoms with van der Waals surface area (Å²) < 4.78 is 1.40. The van der Waals surface area contributed by atoms with Crippen molar-refractivity contribution in [2.24, 2.45) is 0 Å². The Balaban J connectivity index is 1.83. The molecule has 1 aromatic carbocycles. The molecule has 0 radical (unpaired) electrons. The molecular formula is C13H16N2S. The summed E-state index contributed by atoms with van der Waals surface area (Å²) in [5, 5.41) is 7.04. The predicted octanol–water partition coefficient (Wildman–Crippen LogP) is 2.30. The van der Waals surface area contributed by atoms with Crippen LogP contribution in [0.3, 0.4) is 0 Å². The van der Waals surface area contributed by atoms with Crippen molar-refractivity contribution in [2.45, 2.75) is 12.6 Å². The lowest BCUT2D eigenvalue weighted by Crippen LogP contribution is -2.55. The second-order valence-electron chi connectivity index (χ2n) is 4.48. The first-order chi connectivity index (χ1) is 7.84. The number of fused-ring (bicyclic) bond motifs is 1. The van der Waals surface area contributed by atoms with Crippen LogP contribution < -0.4 is 5.32 Å². The van der Waals surface area contributed by atoms with Crippen LogP contribution in [0.15, 0.2) is 29.6 Å². The standard InChI is InChI=1S/C13H16N2S/c1-15(11-6-14-7-11)8-10-9-16-13-5-3-2-4-12(10)13/h2-5,9,11,14H,6-8H2,1H3. The molecule has 1 saturated heterocycles. The monoisotopic (exact) mass is 232 g/mol. The Bertz CT molecular complexity index is 487. The summed E-state index contributed by atoms with van der Waals surface area (Å²) in [5.41, 5.74) is 1.47. The highest BCUT2D eigenvalue weighted by atomic mass is 32.1. The van der Waals surface area contributed by atoms with E-state index in [-0.39, 0.29) is 0 Å². The van der Waals surface area contributed by atoms with E-state index in [0.29, 0.717) is 0 Å². The van der Waals surface area contributed by atoms with Crippen LogP contribution in [-0.2, 0) is 6.54 Å². The maximum absolute atomic E-state index is 3.32. The molecule has 1 aromatic heterocycles. The van der Waals surface area contributed by atoms with Crippen LogP contribution in [0.2, 0.25) is 0 Å². The smallest absolute Gasteiger partial charge is 0.0346 e. The van der Waals surface area contributed by atoms with Crippen molar-refractivity contribution in [2.75, 3.05) is 20.1 Å². The van der Waals surface area contributed by atoms with Gasteiger partial charge in [-0.1, -0.05) is 18.2 Å². The zero-order valence-corrected chi connectivity index (χ0v) is 10.3. The van der Waals surface area contributed by atoms with Gasteiger partial charge in [-0.15, -0.1) is 11.3 Å². The average molecular weight is 232 g/mol. The molecule has 16 heavy (non-hydrogen) atoms. The van der Waals surface area contributed by atoms with Crippen LogP contribution in [0, 0.1) is 0 Å². The minimum Gasteiger partial charge on any atom is -0.314 e. The van der Waals surface area contributed by atoms with Gasteiger partial charge < -0.3 is 5.32 Å². The molecule has 2 nitrogen and oxygen atoms in total. The van der Waals surface area contributed by atoms with Gasteiger partial charge in [0.25, 0.3) is 0 Å². The van der Waals surface area contributed by atoms with Crippen molar-refractivity contribution in [3.05, 3.63) is 35.2 Å². The lowest BCUT2D eigenvalue weighted by molar-refractivity contribution is 0.174. The van der Waals surface area contributed by atoms with Gasteiger partial charge in [0.05, 0.1) is 0 Å². The summed E-state index contributed by atoms with van der Waals surface area (Å²) in [6.07, 6.45) is 0. The summed E-state index contributed by atoms with van der Waals surface area (Å²) in [4.78, 5) is 2.45. The average Bonchev–Trinajstić information content (AvgIpc) is 2.59. The van der Waals surface area contributed by atoms with Gasteiger partial charge in [-0.25, -0.2) is 0 Å². The van der Waals surface area contributed by atoms with Crippen molar-refractivity contribution >= 4 is 21.4 Å². The maximum atomic E-state index is 3.32. The van der Waals surface area contributed by atoms with Crippen LogP contribution in [0.1, 0.15) is 5.56 Å². The van der Waals surface area contributed by atoms with E-state index in [0.717, 1.165) is 25.7 Å². The van der Waals surface area contributed by atoms with Gasteiger partial charge in [-0.05, 0) is 29.4 Å². The van der Waals surface area contributed by atoms with Crippen LogP contribution in [0.4, 0.5) is 0 Å². The molecule has 1 N–H and O–H groups in total. The van der Waals surface area contributed by atoms with Gasteiger partial charge >= 0.3 is 0 Å². The number of likely N-dealkylation sites (N-methyl/N-ethyl adjacent to an activating group) is 1. The number of hydrogen-bond acceptors (Lipinski definition) is 3. The van der Waals surface area contributed by atoms with Crippen LogP contribution in [0.5, 0.6) is 0 Å². The van der Waals surface area contributed by atoms with Gasteiger partial charge in [0.2, 0.25) is 0 Å². The maximum Gasteiger partial charge on any atom is 0.0346 e. The molecule has 0 amide bonds. The molecule has 1 aliphatic heterocycles. The highest BCUT2D eigenvalue weighted by molar-refractivity contribution is 7.17.